The van der Waals surface area contributed by atoms with Gasteiger partial charge in [-0.3, -0.25) is 24.2 Å². The van der Waals surface area contributed by atoms with Gasteiger partial charge in [-0.2, -0.15) is 5.10 Å². The van der Waals surface area contributed by atoms with Crippen molar-refractivity contribution in [2.24, 2.45) is 5.92 Å². The molecule has 10 heteroatoms. The first-order valence-electron chi connectivity index (χ1n) is 9.66. The number of carbonyl (C=O) groups is 2. The molecule has 0 radical (unpaired) electrons. The van der Waals surface area contributed by atoms with Crippen molar-refractivity contribution in [3.63, 3.8) is 0 Å². The second kappa shape index (κ2) is 10.1. The molecule has 2 aromatic rings. The maximum atomic E-state index is 12.3. The molecule has 3 rings (SSSR count). The fraction of sp³-hybridized carbons (Fsp3) is 0.526. The van der Waals surface area contributed by atoms with E-state index in [1.54, 1.807) is 23.4 Å². The number of nitrogens with one attached hydrogen (secondary N) is 2. The molecule has 0 unspecified atom stereocenters. The summed E-state index contributed by atoms with van der Waals surface area (Å²) < 4.78 is 1.63. The van der Waals surface area contributed by atoms with Crippen LogP contribution in [0.15, 0.2) is 37.2 Å². The summed E-state index contributed by atoms with van der Waals surface area (Å²) in [5.74, 6) is -0.603. The average Bonchev–Trinajstić information content (AvgIpc) is 3.32. The number of aliphatic hydroxyl groups excluding tert-OH is 1. The zero-order valence-electron chi connectivity index (χ0n) is 16.4. The highest BCUT2D eigenvalue weighted by atomic mass is 16.3. The molecule has 1 aliphatic carbocycles. The van der Waals surface area contributed by atoms with E-state index >= 15 is 0 Å². The van der Waals surface area contributed by atoms with E-state index in [4.69, 9.17) is 0 Å². The highest BCUT2D eigenvalue weighted by Crippen LogP contribution is 2.26. The number of aromatic nitrogens is 4. The van der Waals surface area contributed by atoms with Crippen LogP contribution in [0.1, 0.15) is 18.4 Å². The summed E-state index contributed by atoms with van der Waals surface area (Å²) in [7, 11) is 1.86. The summed E-state index contributed by atoms with van der Waals surface area (Å²) in [5.41, 5.74) is 1.07. The minimum absolute atomic E-state index is 0.115. The van der Waals surface area contributed by atoms with Gasteiger partial charge in [0.05, 0.1) is 25.2 Å². The number of amides is 2. The van der Waals surface area contributed by atoms with Crippen molar-refractivity contribution < 1.29 is 14.7 Å². The largest absolute Gasteiger partial charge is 0.391 e. The molecular weight excluding hydrogens is 374 g/mol. The molecule has 3 N–H and O–H groups in total. The summed E-state index contributed by atoms with van der Waals surface area (Å²) in [6.07, 6.45) is 6.50. The Morgan fingerprint density at radius 1 is 1.28 bits per heavy atom. The van der Waals surface area contributed by atoms with Gasteiger partial charge >= 0.3 is 0 Å². The Morgan fingerprint density at radius 3 is 2.79 bits per heavy atom. The van der Waals surface area contributed by atoms with Crippen LogP contribution in [-0.2, 0) is 22.7 Å². The van der Waals surface area contributed by atoms with Crippen molar-refractivity contribution in [2.45, 2.75) is 38.1 Å². The Balaban J connectivity index is 1.39. The van der Waals surface area contributed by atoms with Crippen LogP contribution in [-0.4, -0.2) is 73.9 Å². The maximum Gasteiger partial charge on any atom is 0.234 e. The molecule has 2 aromatic heterocycles. The van der Waals surface area contributed by atoms with E-state index < -0.39 is 12.1 Å². The van der Waals surface area contributed by atoms with E-state index in [2.05, 4.69) is 25.7 Å². The number of nitrogens with zero attached hydrogens (tertiary/aromatic N) is 5. The topological polar surface area (TPSA) is 125 Å². The number of hydrogen-bond acceptors (Lipinski definition) is 7. The van der Waals surface area contributed by atoms with Crippen LogP contribution in [0.25, 0.3) is 0 Å². The average molecular weight is 401 g/mol. The minimum atomic E-state index is -0.726. The van der Waals surface area contributed by atoms with Crippen molar-refractivity contribution in [1.82, 2.24) is 35.3 Å². The van der Waals surface area contributed by atoms with E-state index in [9.17, 15) is 14.7 Å². The highest BCUT2D eigenvalue weighted by Gasteiger charge is 2.37. The smallest absolute Gasteiger partial charge is 0.234 e. The fourth-order valence-corrected chi connectivity index (χ4v) is 3.52. The first kappa shape index (κ1) is 20.9. The lowest BCUT2D eigenvalue weighted by atomic mass is 10.1. The first-order valence-corrected chi connectivity index (χ1v) is 9.66. The summed E-state index contributed by atoms with van der Waals surface area (Å²) in [6, 6.07) is 3.39. The quantitative estimate of drug-likeness (QED) is 0.501. The van der Waals surface area contributed by atoms with Crippen LogP contribution in [0.2, 0.25) is 0 Å². The summed E-state index contributed by atoms with van der Waals surface area (Å²) >= 11 is 0. The molecule has 10 nitrogen and oxygen atoms in total. The molecule has 156 valence electrons. The summed E-state index contributed by atoms with van der Waals surface area (Å²) in [5, 5.41) is 20.0. The van der Waals surface area contributed by atoms with Gasteiger partial charge in [0.2, 0.25) is 11.8 Å². The predicted molar refractivity (Wildman–Crippen MR) is 104 cm³/mol. The minimum Gasteiger partial charge on any atom is -0.391 e. The van der Waals surface area contributed by atoms with Gasteiger partial charge in [-0.05, 0) is 37.6 Å². The molecule has 0 aromatic carbocycles. The van der Waals surface area contributed by atoms with Crippen molar-refractivity contribution >= 4 is 11.8 Å². The molecule has 29 heavy (non-hydrogen) atoms. The van der Waals surface area contributed by atoms with Gasteiger partial charge in [0.25, 0.3) is 0 Å². The second-order valence-electron chi connectivity index (χ2n) is 7.39. The van der Waals surface area contributed by atoms with Gasteiger partial charge in [-0.15, -0.1) is 0 Å². The number of rotatable bonds is 9. The van der Waals surface area contributed by atoms with Crippen molar-refractivity contribution in [1.29, 1.82) is 0 Å². The number of hydrogen-bond donors (Lipinski definition) is 3. The third kappa shape index (κ3) is 6.33. The van der Waals surface area contributed by atoms with Gasteiger partial charge in [0.1, 0.15) is 12.7 Å². The normalized spacial score (nSPS) is 21.3. The third-order valence-electron chi connectivity index (χ3n) is 4.97. The standard InChI is InChI=1S/C19H27N7O3/c1-25(10-14-2-4-20-5-3-14)11-18(28)24-16-8-15(9-17(16)27)19(29)22-6-7-26-13-21-12-23-26/h2-5,12-13,15-17,27H,6-11H2,1H3,(H,22,29)(H,24,28)/t15-,16+,17+/m0/s1. The fourth-order valence-electron chi connectivity index (χ4n) is 3.52. The van der Waals surface area contributed by atoms with Crippen molar-refractivity contribution in [2.75, 3.05) is 20.1 Å². The lowest BCUT2D eigenvalue weighted by molar-refractivity contribution is -0.125. The zero-order chi connectivity index (χ0) is 20.6. The van der Waals surface area contributed by atoms with Crippen LogP contribution in [0.4, 0.5) is 0 Å². The molecule has 0 saturated heterocycles. The lowest BCUT2D eigenvalue weighted by Crippen LogP contribution is -2.44. The molecule has 1 fully saturated rings. The van der Waals surface area contributed by atoms with Crippen molar-refractivity contribution in [3.05, 3.63) is 42.7 Å². The van der Waals surface area contributed by atoms with E-state index in [-0.39, 0.29) is 24.3 Å². The SMILES string of the molecule is CN(CC(=O)N[C@@H]1C[C@H](C(=O)NCCn2cncn2)C[C@H]1O)Cc1ccncc1. The molecule has 1 aliphatic rings. The van der Waals surface area contributed by atoms with Gasteiger partial charge in [0.15, 0.2) is 0 Å². The molecule has 1 saturated carbocycles. The zero-order valence-corrected chi connectivity index (χ0v) is 16.4. The Morgan fingerprint density at radius 2 is 2.07 bits per heavy atom. The molecule has 2 amide bonds. The molecule has 0 spiro atoms. The lowest BCUT2D eigenvalue weighted by Gasteiger charge is -2.20. The molecule has 3 atom stereocenters. The number of likely N-dealkylation sites (N-methyl/N-ethyl adjacent to an activating group) is 1. The number of carbonyl (C=O) groups excluding carboxylic acids is 2. The van der Waals surface area contributed by atoms with Gasteiger partial charge in [0, 0.05) is 31.4 Å². The second-order valence-corrected chi connectivity index (χ2v) is 7.39. The van der Waals surface area contributed by atoms with Gasteiger partial charge < -0.3 is 15.7 Å². The van der Waals surface area contributed by atoms with Gasteiger partial charge in [-0.1, -0.05) is 0 Å². The molecule has 2 heterocycles. The number of aliphatic hydroxyl groups is 1. The monoisotopic (exact) mass is 401 g/mol. The van der Waals surface area contributed by atoms with Crippen LogP contribution >= 0.6 is 0 Å². The predicted octanol–water partition coefficient (Wildman–Crippen LogP) is -0.823. The van der Waals surface area contributed by atoms with Crippen LogP contribution in [0.3, 0.4) is 0 Å². The van der Waals surface area contributed by atoms with E-state index in [1.165, 1.54) is 6.33 Å². The first-order chi connectivity index (χ1) is 14.0. The van der Waals surface area contributed by atoms with E-state index in [0.29, 0.717) is 32.5 Å². The highest BCUT2D eigenvalue weighted by molar-refractivity contribution is 5.80. The van der Waals surface area contributed by atoms with E-state index in [0.717, 1.165) is 5.56 Å². The maximum absolute atomic E-state index is 12.3. The van der Waals surface area contributed by atoms with Crippen LogP contribution < -0.4 is 10.6 Å². The third-order valence-corrected chi connectivity index (χ3v) is 4.97. The Hall–Kier alpha value is -2.85. The molecule has 0 bridgehead atoms. The Kier molecular flexibility index (Phi) is 7.25. The Bertz CT molecular complexity index is 784. The molecule has 0 aliphatic heterocycles. The van der Waals surface area contributed by atoms with Crippen LogP contribution in [0, 0.1) is 5.92 Å². The van der Waals surface area contributed by atoms with E-state index in [1.807, 2.05) is 24.1 Å². The van der Waals surface area contributed by atoms with Crippen LogP contribution in [0.5, 0.6) is 0 Å². The summed E-state index contributed by atoms with van der Waals surface area (Å²) in [6.45, 7) is 1.80. The Labute approximate surface area is 169 Å². The van der Waals surface area contributed by atoms with Crippen molar-refractivity contribution in [3.8, 4) is 0 Å². The summed E-state index contributed by atoms with van der Waals surface area (Å²) in [4.78, 5) is 34.4. The van der Waals surface area contributed by atoms with Gasteiger partial charge in [-0.25, -0.2) is 4.98 Å². The number of pyridine rings is 1. The molecular formula is C19H27N7O3.